The minimum Gasteiger partial charge on any atom is -0.506 e. The summed E-state index contributed by atoms with van der Waals surface area (Å²) in [4.78, 5) is 10.8. The maximum atomic E-state index is 10.8. The quantitative estimate of drug-likeness (QED) is 0.321. The number of allylic oxidation sites excluding steroid dienone is 1. The fraction of sp³-hybridized carbons (Fsp3) is 0.357. The van der Waals surface area contributed by atoms with Crippen LogP contribution in [0.5, 0.6) is 5.75 Å². The molecule has 0 aromatic heterocycles. The number of rotatable bonds is 6. The number of carbonyl (C=O) groups is 1. The van der Waals surface area contributed by atoms with Crippen molar-refractivity contribution >= 4 is 37.8 Å². The van der Waals surface area contributed by atoms with Crippen molar-refractivity contribution in [2.24, 2.45) is 5.92 Å². The van der Waals surface area contributed by atoms with Crippen molar-refractivity contribution in [2.45, 2.75) is 25.9 Å². The van der Waals surface area contributed by atoms with E-state index in [1.807, 2.05) is 6.92 Å². The number of benzene rings is 1. The Bertz CT molecular complexity index is 534. The molecule has 0 radical (unpaired) electrons. The average Bonchev–Trinajstić information content (AvgIpc) is 2.45. The van der Waals surface area contributed by atoms with E-state index in [-0.39, 0.29) is 11.7 Å². The Hall–Kier alpha value is -0.890. The highest BCUT2D eigenvalue weighted by Gasteiger charge is 2.21. The van der Waals surface area contributed by atoms with E-state index < -0.39 is 12.0 Å². The normalized spacial score (nSPS) is 14.1. The van der Waals surface area contributed by atoms with Gasteiger partial charge in [-0.3, -0.25) is 10.0 Å². The summed E-state index contributed by atoms with van der Waals surface area (Å²) in [5, 5.41) is 28.7. The van der Waals surface area contributed by atoms with Gasteiger partial charge in [-0.1, -0.05) is 28.9 Å². The summed E-state index contributed by atoms with van der Waals surface area (Å²) in [5.41, 5.74) is 1.95. The molecule has 0 aliphatic carbocycles. The van der Waals surface area contributed by atoms with Crippen molar-refractivity contribution < 1.29 is 20.2 Å². The highest BCUT2D eigenvalue weighted by atomic mass is 79.9. The maximum Gasteiger partial charge on any atom is 0.267 e. The van der Waals surface area contributed by atoms with Gasteiger partial charge in [0.25, 0.3) is 5.91 Å². The van der Waals surface area contributed by atoms with E-state index in [0.29, 0.717) is 22.9 Å². The monoisotopic (exact) mass is 421 g/mol. The molecule has 1 amide bonds. The van der Waals surface area contributed by atoms with E-state index >= 15 is 0 Å². The van der Waals surface area contributed by atoms with Crippen LogP contribution in [0.25, 0.3) is 0 Å². The van der Waals surface area contributed by atoms with Crippen molar-refractivity contribution in [1.29, 1.82) is 0 Å². The number of phenols is 1. The fourth-order valence-electron chi connectivity index (χ4n) is 1.86. The number of hydroxylamine groups is 1. The summed E-state index contributed by atoms with van der Waals surface area (Å²) in [5.74, 6) is -0.677. The fourth-order valence-corrected chi connectivity index (χ4v) is 3.12. The summed E-state index contributed by atoms with van der Waals surface area (Å²) in [6.45, 7) is 1.86. The number of hydrogen-bond acceptors (Lipinski definition) is 4. The van der Waals surface area contributed by atoms with E-state index in [2.05, 4.69) is 31.9 Å². The van der Waals surface area contributed by atoms with Gasteiger partial charge in [0, 0.05) is 16.1 Å². The van der Waals surface area contributed by atoms with E-state index in [1.165, 1.54) is 11.6 Å². The number of aromatic hydroxyl groups is 1. The first-order chi connectivity index (χ1) is 9.86. The minimum absolute atomic E-state index is 0.0211. The van der Waals surface area contributed by atoms with Gasteiger partial charge in [-0.25, -0.2) is 5.48 Å². The third kappa shape index (κ3) is 5.43. The molecule has 116 valence electrons. The highest BCUT2D eigenvalue weighted by Crippen LogP contribution is 2.38. The van der Waals surface area contributed by atoms with Crippen LogP contribution in [0.15, 0.2) is 33.2 Å². The number of halogens is 2. The van der Waals surface area contributed by atoms with Gasteiger partial charge < -0.3 is 10.2 Å². The van der Waals surface area contributed by atoms with Gasteiger partial charge in [0.05, 0.1) is 10.6 Å². The summed E-state index contributed by atoms with van der Waals surface area (Å²) in [6.07, 6.45) is 3.22. The van der Waals surface area contributed by atoms with Crippen LogP contribution in [-0.4, -0.2) is 21.3 Å². The molecule has 2 atom stereocenters. The zero-order chi connectivity index (χ0) is 16.0. The second-order valence-corrected chi connectivity index (χ2v) is 6.47. The lowest BCUT2D eigenvalue weighted by atomic mass is 9.93. The Morgan fingerprint density at radius 1 is 1.43 bits per heavy atom. The van der Waals surface area contributed by atoms with Crippen LogP contribution in [0.2, 0.25) is 0 Å². The Labute approximate surface area is 139 Å². The molecule has 1 aromatic carbocycles. The van der Waals surface area contributed by atoms with Gasteiger partial charge >= 0.3 is 0 Å². The molecule has 21 heavy (non-hydrogen) atoms. The predicted molar refractivity (Wildman–Crippen MR) is 85.9 cm³/mol. The van der Waals surface area contributed by atoms with Gasteiger partial charge in [-0.15, -0.1) is 0 Å². The minimum atomic E-state index is -0.820. The third-order valence-corrected chi connectivity index (χ3v) is 4.15. The Morgan fingerprint density at radius 3 is 2.71 bits per heavy atom. The standard InChI is InChI=1S/C14H17Br2NO4/c1-8(4-2-3-5-12(18)17-21)13(19)10-6-9(15)7-11(16)14(10)20/h3,5-8,13,19-21H,2,4H2,1H3,(H,17,18)/b5-3+/t8-,13+/m1/s1. The molecule has 5 nitrogen and oxygen atoms in total. The topological polar surface area (TPSA) is 89.8 Å². The molecule has 0 heterocycles. The summed E-state index contributed by atoms with van der Waals surface area (Å²) < 4.78 is 1.27. The van der Waals surface area contributed by atoms with Gasteiger partial charge in [0.1, 0.15) is 5.75 Å². The molecule has 4 N–H and O–H groups in total. The van der Waals surface area contributed by atoms with Gasteiger partial charge in [-0.05, 0) is 46.8 Å². The van der Waals surface area contributed by atoms with Crippen LogP contribution in [0.4, 0.5) is 0 Å². The van der Waals surface area contributed by atoms with Crippen molar-refractivity contribution in [2.75, 3.05) is 0 Å². The summed E-state index contributed by atoms with van der Waals surface area (Å²) >= 11 is 6.55. The molecule has 0 spiro atoms. The van der Waals surface area contributed by atoms with Crippen LogP contribution < -0.4 is 5.48 Å². The molecule has 0 aliphatic heterocycles. The molecule has 1 aromatic rings. The van der Waals surface area contributed by atoms with Crippen molar-refractivity contribution in [1.82, 2.24) is 5.48 Å². The zero-order valence-electron chi connectivity index (χ0n) is 11.4. The van der Waals surface area contributed by atoms with Crippen LogP contribution in [0, 0.1) is 5.92 Å². The van der Waals surface area contributed by atoms with E-state index in [4.69, 9.17) is 5.21 Å². The second kappa shape index (κ2) is 8.53. The number of phenolic OH excluding ortho intramolecular Hbond substituents is 1. The number of amides is 1. The van der Waals surface area contributed by atoms with E-state index in [1.54, 1.807) is 18.2 Å². The first kappa shape index (κ1) is 18.2. The third-order valence-electron chi connectivity index (χ3n) is 3.08. The lowest BCUT2D eigenvalue weighted by Gasteiger charge is -2.20. The smallest absolute Gasteiger partial charge is 0.267 e. The first-order valence-corrected chi connectivity index (χ1v) is 7.92. The molecule has 0 bridgehead atoms. The van der Waals surface area contributed by atoms with Crippen LogP contribution in [-0.2, 0) is 4.79 Å². The van der Waals surface area contributed by atoms with E-state index in [9.17, 15) is 15.0 Å². The number of aliphatic hydroxyl groups excluding tert-OH is 1. The molecule has 0 saturated carbocycles. The Kier molecular flexibility index (Phi) is 7.37. The molecule has 0 unspecified atom stereocenters. The van der Waals surface area contributed by atoms with Gasteiger partial charge in [0.2, 0.25) is 0 Å². The number of aliphatic hydroxyl groups is 1. The van der Waals surface area contributed by atoms with Crippen LogP contribution in [0.1, 0.15) is 31.4 Å². The number of hydrogen-bond donors (Lipinski definition) is 4. The number of nitrogens with one attached hydrogen (secondary N) is 1. The predicted octanol–water partition coefficient (Wildman–Crippen LogP) is 3.43. The van der Waals surface area contributed by atoms with Crippen molar-refractivity contribution in [3.63, 3.8) is 0 Å². The highest BCUT2D eigenvalue weighted by molar-refractivity contribution is 9.11. The first-order valence-electron chi connectivity index (χ1n) is 6.33. The van der Waals surface area contributed by atoms with Crippen LogP contribution >= 0.6 is 31.9 Å². The zero-order valence-corrected chi connectivity index (χ0v) is 14.6. The molecule has 0 fully saturated rings. The molecule has 1 rings (SSSR count). The lowest BCUT2D eigenvalue weighted by Crippen LogP contribution is -2.15. The maximum absolute atomic E-state index is 10.8. The lowest BCUT2D eigenvalue weighted by molar-refractivity contribution is -0.124. The van der Waals surface area contributed by atoms with Crippen LogP contribution in [0.3, 0.4) is 0 Å². The summed E-state index contributed by atoms with van der Waals surface area (Å²) in [6, 6.07) is 3.38. The largest absolute Gasteiger partial charge is 0.506 e. The second-order valence-electron chi connectivity index (χ2n) is 4.70. The Balaban J connectivity index is 2.68. The van der Waals surface area contributed by atoms with E-state index in [0.717, 1.165) is 4.47 Å². The van der Waals surface area contributed by atoms with Crippen molar-refractivity contribution in [3.8, 4) is 5.75 Å². The molecule has 7 heteroatoms. The average molecular weight is 423 g/mol. The molecular formula is C14H17Br2NO4. The molecule has 0 saturated heterocycles. The van der Waals surface area contributed by atoms with Gasteiger partial charge in [-0.2, -0.15) is 0 Å². The Morgan fingerprint density at radius 2 is 2.10 bits per heavy atom. The summed E-state index contributed by atoms with van der Waals surface area (Å²) in [7, 11) is 0. The van der Waals surface area contributed by atoms with Crippen molar-refractivity contribution in [3.05, 3.63) is 38.8 Å². The molecular weight excluding hydrogens is 406 g/mol. The molecule has 0 aliphatic rings. The SMILES string of the molecule is C[C@H](CC/C=C/C(=O)NO)[C@H](O)c1cc(Br)cc(Br)c1O. The number of carbonyl (C=O) groups excluding carboxylic acids is 1. The van der Waals surface area contributed by atoms with Gasteiger partial charge in [0.15, 0.2) is 0 Å².